The highest BCUT2D eigenvalue weighted by molar-refractivity contribution is 7.09. The lowest BCUT2D eigenvalue weighted by Gasteiger charge is -2.29. The highest BCUT2D eigenvalue weighted by atomic mass is 32.1. The van der Waals surface area contributed by atoms with Crippen molar-refractivity contribution in [2.45, 2.75) is 32.4 Å². The number of benzene rings is 2. The Morgan fingerprint density at radius 2 is 1.52 bits per heavy atom. The van der Waals surface area contributed by atoms with Crippen molar-refractivity contribution in [2.24, 2.45) is 0 Å². The maximum Gasteiger partial charge on any atom is 0.227 e. The van der Waals surface area contributed by atoms with E-state index in [1.807, 2.05) is 53.4 Å². The van der Waals surface area contributed by atoms with Gasteiger partial charge in [-0.3, -0.25) is 4.79 Å². The summed E-state index contributed by atoms with van der Waals surface area (Å²) in [7, 11) is 3.30. The maximum atomic E-state index is 13.2. The van der Waals surface area contributed by atoms with Crippen molar-refractivity contribution in [3.05, 3.63) is 82.0 Å². The molecule has 0 fully saturated rings. The summed E-state index contributed by atoms with van der Waals surface area (Å²) in [5, 5.41) is 2.08. The zero-order valence-corrected chi connectivity index (χ0v) is 17.9. The van der Waals surface area contributed by atoms with Crippen LogP contribution in [-0.4, -0.2) is 31.1 Å². The van der Waals surface area contributed by atoms with Crippen LogP contribution in [0, 0.1) is 0 Å². The minimum Gasteiger partial charge on any atom is -0.497 e. The van der Waals surface area contributed by atoms with E-state index in [-0.39, 0.29) is 11.9 Å². The first kappa shape index (κ1) is 20.9. The largest absolute Gasteiger partial charge is 0.497 e. The second kappa shape index (κ2) is 10.1. The predicted molar refractivity (Wildman–Crippen MR) is 118 cm³/mol. The molecule has 0 spiro atoms. The Labute approximate surface area is 176 Å². The van der Waals surface area contributed by atoms with E-state index >= 15 is 0 Å². The number of carbonyl (C=O) groups excluding carboxylic acids is 1. The molecule has 0 unspecified atom stereocenters. The zero-order valence-electron chi connectivity index (χ0n) is 17.1. The first-order valence-electron chi connectivity index (χ1n) is 9.66. The van der Waals surface area contributed by atoms with Gasteiger partial charge in [-0.1, -0.05) is 30.3 Å². The SMILES string of the molecule is COc1ccc(CC(=O)N(Cc2ccc(OC)cc2)[C@H](C)Cc2cccs2)cc1. The Morgan fingerprint density at radius 3 is 2.03 bits per heavy atom. The van der Waals surface area contributed by atoms with Gasteiger partial charge in [0.15, 0.2) is 0 Å². The second-order valence-corrected chi connectivity index (χ2v) is 8.06. The topological polar surface area (TPSA) is 38.8 Å². The van der Waals surface area contributed by atoms with E-state index in [0.717, 1.165) is 29.0 Å². The van der Waals surface area contributed by atoms with Crippen molar-refractivity contribution in [3.63, 3.8) is 0 Å². The summed E-state index contributed by atoms with van der Waals surface area (Å²) in [6.45, 7) is 2.70. The van der Waals surface area contributed by atoms with E-state index in [2.05, 4.69) is 24.4 Å². The fourth-order valence-electron chi connectivity index (χ4n) is 3.27. The summed E-state index contributed by atoms with van der Waals surface area (Å²) in [6, 6.07) is 19.9. The Hall–Kier alpha value is -2.79. The van der Waals surface area contributed by atoms with Crippen LogP contribution in [0.2, 0.25) is 0 Å². The number of hydrogen-bond donors (Lipinski definition) is 0. The van der Waals surface area contributed by atoms with E-state index in [4.69, 9.17) is 9.47 Å². The summed E-state index contributed by atoms with van der Waals surface area (Å²) in [4.78, 5) is 16.5. The summed E-state index contributed by atoms with van der Waals surface area (Å²) in [6.07, 6.45) is 1.22. The standard InChI is InChI=1S/C24H27NO3S/c1-18(15-23-5-4-14-29-23)25(17-20-8-12-22(28-3)13-9-20)24(26)16-19-6-10-21(27-2)11-7-19/h4-14,18H,15-17H2,1-3H3/t18-/m1/s1. The lowest BCUT2D eigenvalue weighted by Crippen LogP contribution is -2.40. The molecule has 152 valence electrons. The zero-order chi connectivity index (χ0) is 20.6. The van der Waals surface area contributed by atoms with Gasteiger partial charge in [-0.15, -0.1) is 11.3 Å². The molecule has 1 aromatic heterocycles. The number of nitrogens with zero attached hydrogens (tertiary/aromatic N) is 1. The van der Waals surface area contributed by atoms with Crippen molar-refractivity contribution < 1.29 is 14.3 Å². The molecule has 0 saturated carbocycles. The molecule has 0 aliphatic rings. The van der Waals surface area contributed by atoms with Gasteiger partial charge < -0.3 is 14.4 Å². The van der Waals surface area contributed by atoms with Crippen molar-refractivity contribution >= 4 is 17.2 Å². The summed E-state index contributed by atoms with van der Waals surface area (Å²) in [5.41, 5.74) is 2.07. The van der Waals surface area contributed by atoms with E-state index < -0.39 is 0 Å². The molecular weight excluding hydrogens is 382 g/mol. The van der Waals surface area contributed by atoms with Crippen molar-refractivity contribution in [2.75, 3.05) is 14.2 Å². The second-order valence-electron chi connectivity index (χ2n) is 7.03. The Bertz CT molecular complexity index is 889. The van der Waals surface area contributed by atoms with Gasteiger partial charge in [-0.05, 0) is 53.8 Å². The summed E-state index contributed by atoms with van der Waals surface area (Å²) in [5.74, 6) is 1.73. The quantitative estimate of drug-likeness (QED) is 0.501. The van der Waals surface area contributed by atoms with E-state index in [0.29, 0.717) is 13.0 Å². The average molecular weight is 410 g/mol. The molecule has 0 saturated heterocycles. The molecule has 4 nitrogen and oxygen atoms in total. The monoisotopic (exact) mass is 409 g/mol. The molecule has 1 atom stereocenters. The molecule has 0 radical (unpaired) electrons. The lowest BCUT2D eigenvalue weighted by atomic mass is 10.1. The summed E-state index contributed by atoms with van der Waals surface area (Å²) < 4.78 is 10.5. The third kappa shape index (κ3) is 5.84. The van der Waals surface area contributed by atoms with Gasteiger partial charge in [-0.2, -0.15) is 0 Å². The van der Waals surface area contributed by atoms with Crippen LogP contribution in [0.4, 0.5) is 0 Å². The molecule has 3 aromatic rings. The van der Waals surface area contributed by atoms with Crippen LogP contribution in [0.25, 0.3) is 0 Å². The molecule has 3 rings (SSSR count). The van der Waals surface area contributed by atoms with Crippen LogP contribution in [0.5, 0.6) is 11.5 Å². The van der Waals surface area contributed by atoms with Gasteiger partial charge in [0.05, 0.1) is 20.6 Å². The number of hydrogen-bond acceptors (Lipinski definition) is 4. The molecule has 0 aliphatic carbocycles. The average Bonchev–Trinajstić information content (AvgIpc) is 3.25. The molecule has 2 aromatic carbocycles. The molecule has 0 N–H and O–H groups in total. The fourth-order valence-corrected chi connectivity index (χ4v) is 4.09. The smallest absolute Gasteiger partial charge is 0.227 e. The normalized spacial score (nSPS) is 11.7. The summed E-state index contributed by atoms with van der Waals surface area (Å²) >= 11 is 1.73. The molecule has 0 aliphatic heterocycles. The van der Waals surface area contributed by atoms with Crippen molar-refractivity contribution in [3.8, 4) is 11.5 Å². The Kier molecular flexibility index (Phi) is 7.30. The lowest BCUT2D eigenvalue weighted by molar-refractivity contribution is -0.133. The highest BCUT2D eigenvalue weighted by Crippen LogP contribution is 2.20. The van der Waals surface area contributed by atoms with Crippen molar-refractivity contribution in [1.29, 1.82) is 0 Å². The third-order valence-electron chi connectivity index (χ3n) is 4.96. The minimum atomic E-state index is 0.0986. The highest BCUT2D eigenvalue weighted by Gasteiger charge is 2.21. The van der Waals surface area contributed by atoms with Crippen molar-refractivity contribution in [1.82, 2.24) is 4.90 Å². The van der Waals surface area contributed by atoms with Gasteiger partial charge in [0.25, 0.3) is 0 Å². The van der Waals surface area contributed by atoms with E-state index in [9.17, 15) is 4.79 Å². The van der Waals surface area contributed by atoms with Crippen LogP contribution in [0.3, 0.4) is 0 Å². The molecule has 29 heavy (non-hydrogen) atoms. The molecular formula is C24H27NO3S. The first-order valence-corrected chi connectivity index (χ1v) is 10.5. The fraction of sp³-hybridized carbons (Fsp3) is 0.292. The van der Waals surface area contributed by atoms with E-state index in [1.165, 1.54) is 4.88 Å². The Balaban J connectivity index is 1.76. The van der Waals surface area contributed by atoms with Crippen LogP contribution >= 0.6 is 11.3 Å². The van der Waals surface area contributed by atoms with Crippen LogP contribution < -0.4 is 9.47 Å². The van der Waals surface area contributed by atoms with Gasteiger partial charge in [0.2, 0.25) is 5.91 Å². The van der Waals surface area contributed by atoms with Gasteiger partial charge in [0.1, 0.15) is 11.5 Å². The number of amides is 1. The minimum absolute atomic E-state index is 0.0986. The van der Waals surface area contributed by atoms with E-state index in [1.54, 1.807) is 25.6 Å². The van der Waals surface area contributed by atoms with Gasteiger partial charge >= 0.3 is 0 Å². The van der Waals surface area contributed by atoms with Crippen LogP contribution in [0.15, 0.2) is 66.0 Å². The number of ether oxygens (including phenoxy) is 2. The predicted octanol–water partition coefficient (Wildman–Crippen LogP) is 4.97. The van der Waals surface area contributed by atoms with Crippen LogP contribution in [0.1, 0.15) is 22.9 Å². The first-order chi connectivity index (χ1) is 14.1. The number of thiophene rings is 1. The van der Waals surface area contributed by atoms with Gasteiger partial charge in [-0.25, -0.2) is 0 Å². The molecule has 1 heterocycles. The third-order valence-corrected chi connectivity index (χ3v) is 5.85. The maximum absolute atomic E-state index is 13.2. The molecule has 1 amide bonds. The van der Waals surface area contributed by atoms with Crippen LogP contribution in [-0.2, 0) is 24.2 Å². The molecule has 0 bridgehead atoms. The van der Waals surface area contributed by atoms with Gasteiger partial charge in [0, 0.05) is 23.9 Å². The number of carbonyl (C=O) groups is 1. The molecule has 5 heteroatoms. The number of rotatable bonds is 9. The number of methoxy groups -OCH3 is 2. The Morgan fingerprint density at radius 1 is 0.931 bits per heavy atom.